The van der Waals surface area contributed by atoms with Gasteiger partial charge in [-0.2, -0.15) is 0 Å². The molecule has 3 nitrogen and oxygen atoms in total. The van der Waals surface area contributed by atoms with Crippen LogP contribution in [0.4, 0.5) is 0 Å². The van der Waals surface area contributed by atoms with Gasteiger partial charge >= 0.3 is 5.97 Å². The molecule has 0 aromatic rings. The van der Waals surface area contributed by atoms with Crippen LogP contribution in [0, 0.1) is 11.8 Å². The van der Waals surface area contributed by atoms with Crippen molar-refractivity contribution in [2.24, 2.45) is 11.8 Å². The molecular formula is C13H24O3. The fraction of sp³-hybridized carbons (Fsp3) is 0.769. The van der Waals surface area contributed by atoms with Gasteiger partial charge in [-0.25, -0.2) is 0 Å². The maximum atomic E-state index is 11.8. The Balaban J connectivity index is 5.00. The van der Waals surface area contributed by atoms with Crippen molar-refractivity contribution in [3.63, 3.8) is 0 Å². The van der Waals surface area contributed by atoms with E-state index in [1.165, 1.54) is 6.08 Å². The molecule has 2 unspecified atom stereocenters. The van der Waals surface area contributed by atoms with E-state index in [0.717, 1.165) is 6.42 Å². The highest BCUT2D eigenvalue weighted by Crippen LogP contribution is 2.31. The lowest BCUT2D eigenvalue weighted by atomic mass is 9.77. The third-order valence-electron chi connectivity index (χ3n) is 2.75. The molecule has 0 heterocycles. The predicted octanol–water partition coefficient (Wildman–Crippen LogP) is 2.54. The van der Waals surface area contributed by atoms with Gasteiger partial charge in [0, 0.05) is 0 Å². The Labute approximate surface area is 98.5 Å². The summed E-state index contributed by atoms with van der Waals surface area (Å²) in [7, 11) is 0. The first-order valence-electron chi connectivity index (χ1n) is 5.95. The van der Waals surface area contributed by atoms with E-state index in [0.29, 0.717) is 13.0 Å². The van der Waals surface area contributed by atoms with Crippen molar-refractivity contribution in [2.75, 3.05) is 6.61 Å². The number of hydrogen-bond acceptors (Lipinski definition) is 3. The largest absolute Gasteiger partial charge is 0.466 e. The van der Waals surface area contributed by atoms with E-state index in [4.69, 9.17) is 4.74 Å². The number of ether oxygens (including phenoxy) is 1. The third-order valence-corrected chi connectivity index (χ3v) is 2.75. The van der Waals surface area contributed by atoms with E-state index in [2.05, 4.69) is 6.58 Å². The monoisotopic (exact) mass is 228 g/mol. The normalized spacial score (nSPS) is 16.6. The quantitative estimate of drug-likeness (QED) is 0.538. The van der Waals surface area contributed by atoms with Gasteiger partial charge in [0.25, 0.3) is 0 Å². The lowest BCUT2D eigenvalue weighted by molar-refractivity contribution is -0.158. The highest BCUT2D eigenvalue weighted by molar-refractivity contribution is 5.74. The number of rotatable bonds is 7. The van der Waals surface area contributed by atoms with Crippen LogP contribution in [0.3, 0.4) is 0 Å². The Hall–Kier alpha value is -0.830. The molecule has 0 rings (SSSR count). The van der Waals surface area contributed by atoms with Crippen molar-refractivity contribution in [2.45, 2.75) is 46.1 Å². The average Bonchev–Trinajstić information content (AvgIpc) is 2.18. The number of esters is 1. The van der Waals surface area contributed by atoms with E-state index in [9.17, 15) is 9.90 Å². The van der Waals surface area contributed by atoms with E-state index in [1.807, 2.05) is 20.8 Å². The molecule has 0 saturated carbocycles. The van der Waals surface area contributed by atoms with Crippen molar-refractivity contribution >= 4 is 5.97 Å². The molecule has 0 spiro atoms. The van der Waals surface area contributed by atoms with E-state index in [1.54, 1.807) is 6.92 Å². The Morgan fingerprint density at radius 1 is 1.50 bits per heavy atom. The molecule has 0 aromatic carbocycles. The molecule has 0 aliphatic rings. The first-order chi connectivity index (χ1) is 7.42. The van der Waals surface area contributed by atoms with Crippen LogP contribution in [0.25, 0.3) is 0 Å². The Bertz CT molecular complexity index is 235. The van der Waals surface area contributed by atoms with Crippen LogP contribution in [0.1, 0.15) is 40.5 Å². The Morgan fingerprint density at radius 2 is 2.06 bits per heavy atom. The topological polar surface area (TPSA) is 46.5 Å². The van der Waals surface area contributed by atoms with Crippen LogP contribution >= 0.6 is 0 Å². The van der Waals surface area contributed by atoms with Gasteiger partial charge < -0.3 is 9.84 Å². The molecular weight excluding hydrogens is 204 g/mol. The van der Waals surface area contributed by atoms with Crippen LogP contribution in [0.2, 0.25) is 0 Å². The minimum Gasteiger partial charge on any atom is -0.466 e. The van der Waals surface area contributed by atoms with Crippen LogP contribution in [-0.2, 0) is 9.53 Å². The fourth-order valence-corrected chi connectivity index (χ4v) is 2.07. The minimum atomic E-state index is -1.16. The summed E-state index contributed by atoms with van der Waals surface area (Å²) in [5, 5.41) is 10.4. The first kappa shape index (κ1) is 15.2. The van der Waals surface area contributed by atoms with Crippen molar-refractivity contribution in [1.29, 1.82) is 0 Å². The highest BCUT2D eigenvalue weighted by atomic mass is 16.5. The van der Waals surface area contributed by atoms with Crippen LogP contribution < -0.4 is 0 Å². The van der Waals surface area contributed by atoms with E-state index in [-0.39, 0.29) is 11.9 Å². The van der Waals surface area contributed by atoms with E-state index < -0.39 is 11.5 Å². The molecule has 0 radical (unpaired) electrons. The summed E-state index contributed by atoms with van der Waals surface area (Å²) in [4.78, 5) is 11.8. The van der Waals surface area contributed by atoms with Gasteiger partial charge in [0.2, 0.25) is 0 Å². The maximum Gasteiger partial charge on any atom is 0.312 e. The molecule has 0 aromatic heterocycles. The molecule has 0 amide bonds. The summed E-state index contributed by atoms with van der Waals surface area (Å²) >= 11 is 0. The molecule has 94 valence electrons. The standard InChI is InChI=1S/C13H24O3/c1-6-9-13(15,7-2)11(10(4)5)12(14)16-8-3/h7,10-11,15H,2,6,8-9H2,1,3-5H3. The summed E-state index contributed by atoms with van der Waals surface area (Å²) in [6.07, 6.45) is 2.79. The average molecular weight is 228 g/mol. The summed E-state index contributed by atoms with van der Waals surface area (Å²) < 4.78 is 5.01. The van der Waals surface area contributed by atoms with Crippen molar-refractivity contribution < 1.29 is 14.6 Å². The lowest BCUT2D eigenvalue weighted by Crippen LogP contribution is -2.44. The zero-order valence-electron chi connectivity index (χ0n) is 10.8. The van der Waals surface area contributed by atoms with Gasteiger partial charge in [-0.15, -0.1) is 6.58 Å². The molecule has 0 bridgehead atoms. The lowest BCUT2D eigenvalue weighted by Gasteiger charge is -2.34. The van der Waals surface area contributed by atoms with Crippen LogP contribution in [-0.4, -0.2) is 23.3 Å². The van der Waals surface area contributed by atoms with Gasteiger partial charge in [-0.1, -0.05) is 33.3 Å². The Morgan fingerprint density at radius 3 is 2.38 bits per heavy atom. The summed E-state index contributed by atoms with van der Waals surface area (Å²) in [5.74, 6) is -0.855. The molecule has 0 saturated heterocycles. The first-order valence-corrected chi connectivity index (χ1v) is 5.95. The number of aliphatic hydroxyl groups is 1. The zero-order valence-corrected chi connectivity index (χ0v) is 10.8. The molecule has 2 atom stereocenters. The molecule has 16 heavy (non-hydrogen) atoms. The van der Waals surface area contributed by atoms with Gasteiger partial charge in [-0.3, -0.25) is 4.79 Å². The maximum absolute atomic E-state index is 11.8. The highest BCUT2D eigenvalue weighted by Gasteiger charge is 2.41. The molecule has 1 N–H and O–H groups in total. The van der Waals surface area contributed by atoms with Crippen LogP contribution in [0.5, 0.6) is 0 Å². The van der Waals surface area contributed by atoms with Gasteiger partial charge in [0.05, 0.1) is 18.1 Å². The van der Waals surface area contributed by atoms with E-state index >= 15 is 0 Å². The second kappa shape index (κ2) is 6.69. The Kier molecular flexibility index (Phi) is 6.34. The van der Waals surface area contributed by atoms with Crippen molar-refractivity contribution in [1.82, 2.24) is 0 Å². The van der Waals surface area contributed by atoms with Gasteiger partial charge in [-0.05, 0) is 19.3 Å². The number of carbonyl (C=O) groups is 1. The minimum absolute atomic E-state index is 0.0219. The third kappa shape index (κ3) is 3.63. The molecule has 0 aliphatic carbocycles. The smallest absolute Gasteiger partial charge is 0.312 e. The number of hydrogen-bond donors (Lipinski definition) is 1. The van der Waals surface area contributed by atoms with Crippen molar-refractivity contribution in [3.8, 4) is 0 Å². The summed E-state index contributed by atoms with van der Waals surface area (Å²) in [6.45, 7) is 11.5. The predicted molar refractivity (Wildman–Crippen MR) is 65.0 cm³/mol. The fourth-order valence-electron chi connectivity index (χ4n) is 2.07. The molecule has 0 aliphatic heterocycles. The van der Waals surface area contributed by atoms with Crippen LogP contribution in [0.15, 0.2) is 12.7 Å². The molecule has 0 fully saturated rings. The summed E-state index contributed by atoms with van der Waals surface area (Å²) in [6, 6.07) is 0. The molecule has 3 heteroatoms. The second-order valence-corrected chi connectivity index (χ2v) is 4.42. The summed E-state index contributed by atoms with van der Waals surface area (Å²) in [5.41, 5.74) is -1.16. The zero-order chi connectivity index (χ0) is 12.8. The SMILES string of the molecule is C=CC(O)(CCC)C(C(=O)OCC)C(C)C. The van der Waals surface area contributed by atoms with Gasteiger partial charge in [0.15, 0.2) is 0 Å². The second-order valence-electron chi connectivity index (χ2n) is 4.42. The number of carbonyl (C=O) groups excluding carboxylic acids is 1. The van der Waals surface area contributed by atoms with Gasteiger partial charge in [0.1, 0.15) is 0 Å². The van der Waals surface area contributed by atoms with Crippen molar-refractivity contribution in [3.05, 3.63) is 12.7 Å².